The minimum absolute atomic E-state index is 0.601. The fourth-order valence-electron chi connectivity index (χ4n) is 0.178. The molecule has 0 saturated heterocycles. The Balaban J connectivity index is 3.33. The predicted octanol–water partition coefficient (Wildman–Crippen LogP) is 0.107. The number of carbonyl (C=O) groups is 1. The average molecular weight is 139 g/mol. The van der Waals surface area contributed by atoms with Gasteiger partial charge in [0.25, 0.3) is 0 Å². The number of aliphatic hydroxyl groups excluding tert-OH is 1. The molecule has 0 spiro atoms. The zero-order valence-electron chi connectivity index (χ0n) is 4.43. The van der Waals surface area contributed by atoms with Gasteiger partial charge in [0.15, 0.2) is 6.79 Å². The van der Waals surface area contributed by atoms with Crippen molar-refractivity contribution in [3.63, 3.8) is 0 Å². The van der Waals surface area contributed by atoms with Gasteiger partial charge < -0.3 is 9.84 Å². The average Bonchev–Trinajstić information content (AvgIpc) is 1.67. The van der Waals surface area contributed by atoms with Crippen molar-refractivity contribution in [1.29, 1.82) is 0 Å². The molecule has 1 N–H and O–H groups in total. The number of halogens is 1. The lowest BCUT2D eigenvalue weighted by Gasteiger charge is -1.99. The highest BCUT2D eigenvalue weighted by Gasteiger charge is 2.08. The van der Waals surface area contributed by atoms with Gasteiger partial charge >= 0.3 is 5.97 Å². The summed E-state index contributed by atoms with van der Waals surface area (Å²) in [7, 11) is 0. The number of hydrogen-bond acceptors (Lipinski definition) is 3. The molecule has 8 heavy (non-hydrogen) atoms. The number of aliphatic hydroxyl groups is 1. The van der Waals surface area contributed by atoms with E-state index in [4.69, 9.17) is 16.7 Å². The van der Waals surface area contributed by atoms with Crippen molar-refractivity contribution in [2.45, 2.75) is 12.3 Å². The minimum Gasteiger partial charge on any atom is -0.438 e. The highest BCUT2D eigenvalue weighted by molar-refractivity contribution is 6.29. The topological polar surface area (TPSA) is 46.5 Å². The van der Waals surface area contributed by atoms with Crippen molar-refractivity contribution >= 4 is 17.6 Å². The molecular weight excluding hydrogens is 131 g/mol. The summed E-state index contributed by atoms with van der Waals surface area (Å²) < 4.78 is 4.09. The standard InChI is InChI=1S/C4H7ClO3/c1-3(5)4(7)8-2-6/h3,6H,2H2,1H3. The number of alkyl halides is 1. The lowest BCUT2D eigenvalue weighted by atomic mass is 10.5. The van der Waals surface area contributed by atoms with Crippen molar-refractivity contribution in [3.8, 4) is 0 Å². The molecule has 1 atom stereocenters. The van der Waals surface area contributed by atoms with Crippen LogP contribution in [0.2, 0.25) is 0 Å². The molecule has 0 aliphatic heterocycles. The van der Waals surface area contributed by atoms with Gasteiger partial charge in [-0.3, -0.25) is 4.79 Å². The van der Waals surface area contributed by atoms with Gasteiger partial charge in [-0.05, 0) is 6.92 Å². The molecule has 0 bridgehead atoms. The normalized spacial score (nSPS) is 12.9. The van der Waals surface area contributed by atoms with Crippen LogP contribution in [0.25, 0.3) is 0 Å². The predicted molar refractivity (Wildman–Crippen MR) is 28.5 cm³/mol. The molecule has 0 aliphatic carbocycles. The van der Waals surface area contributed by atoms with Crippen LogP contribution in [-0.4, -0.2) is 23.2 Å². The van der Waals surface area contributed by atoms with E-state index in [2.05, 4.69) is 4.74 Å². The lowest BCUT2D eigenvalue weighted by Crippen LogP contribution is -2.14. The van der Waals surface area contributed by atoms with E-state index in [0.29, 0.717) is 0 Å². The third-order valence-electron chi connectivity index (χ3n) is 0.532. The van der Waals surface area contributed by atoms with Gasteiger partial charge in [0.2, 0.25) is 0 Å². The van der Waals surface area contributed by atoms with E-state index in [1.54, 1.807) is 0 Å². The molecule has 0 saturated carbocycles. The molecular formula is C4H7ClO3. The SMILES string of the molecule is CC(Cl)C(=O)OCO. The Kier molecular flexibility index (Phi) is 3.56. The van der Waals surface area contributed by atoms with Crippen molar-refractivity contribution in [2.75, 3.05) is 6.79 Å². The van der Waals surface area contributed by atoms with Crippen LogP contribution in [0.15, 0.2) is 0 Å². The van der Waals surface area contributed by atoms with Gasteiger partial charge in [-0.15, -0.1) is 11.6 Å². The van der Waals surface area contributed by atoms with E-state index in [1.807, 2.05) is 0 Å². The summed E-state index contributed by atoms with van der Waals surface area (Å²) in [5.41, 5.74) is 0. The number of rotatable bonds is 2. The fourth-order valence-corrected chi connectivity index (χ4v) is 0.241. The van der Waals surface area contributed by atoms with Crippen molar-refractivity contribution in [1.82, 2.24) is 0 Å². The quantitative estimate of drug-likeness (QED) is 0.335. The zero-order chi connectivity index (χ0) is 6.57. The van der Waals surface area contributed by atoms with Gasteiger partial charge in [0.1, 0.15) is 5.38 Å². The van der Waals surface area contributed by atoms with Gasteiger partial charge in [-0.25, -0.2) is 0 Å². The van der Waals surface area contributed by atoms with E-state index in [9.17, 15) is 4.79 Å². The highest BCUT2D eigenvalue weighted by atomic mass is 35.5. The third-order valence-corrected chi connectivity index (χ3v) is 0.710. The van der Waals surface area contributed by atoms with Crippen LogP contribution in [0.4, 0.5) is 0 Å². The molecule has 0 fully saturated rings. The first kappa shape index (κ1) is 7.72. The molecule has 0 radical (unpaired) electrons. The summed E-state index contributed by atoms with van der Waals surface area (Å²) in [6, 6.07) is 0. The van der Waals surface area contributed by atoms with E-state index < -0.39 is 18.1 Å². The first-order valence-corrected chi connectivity index (χ1v) is 2.53. The number of ether oxygens (including phenoxy) is 1. The van der Waals surface area contributed by atoms with Gasteiger partial charge in [0.05, 0.1) is 0 Å². The second-order valence-corrected chi connectivity index (χ2v) is 1.86. The molecule has 48 valence electrons. The van der Waals surface area contributed by atoms with Crippen molar-refractivity contribution < 1.29 is 14.6 Å². The first-order valence-electron chi connectivity index (χ1n) is 2.10. The Morgan fingerprint density at radius 1 is 2.00 bits per heavy atom. The van der Waals surface area contributed by atoms with Gasteiger partial charge in [-0.1, -0.05) is 0 Å². The Morgan fingerprint density at radius 2 is 2.50 bits per heavy atom. The summed E-state index contributed by atoms with van der Waals surface area (Å²) in [6.45, 7) is 0.870. The largest absolute Gasteiger partial charge is 0.438 e. The van der Waals surface area contributed by atoms with E-state index in [-0.39, 0.29) is 0 Å². The maximum absolute atomic E-state index is 10.2. The van der Waals surface area contributed by atoms with Gasteiger partial charge in [0, 0.05) is 0 Å². The minimum atomic E-state index is -0.679. The second kappa shape index (κ2) is 3.69. The maximum Gasteiger partial charge on any atom is 0.325 e. The van der Waals surface area contributed by atoms with E-state index >= 15 is 0 Å². The van der Waals surface area contributed by atoms with E-state index in [0.717, 1.165) is 0 Å². The summed E-state index contributed by atoms with van der Waals surface area (Å²) >= 11 is 5.22. The highest BCUT2D eigenvalue weighted by Crippen LogP contribution is 1.94. The van der Waals surface area contributed by atoms with Crippen LogP contribution in [0.5, 0.6) is 0 Å². The van der Waals surface area contributed by atoms with Crippen LogP contribution in [0.3, 0.4) is 0 Å². The number of hydrogen-bond donors (Lipinski definition) is 1. The Hall–Kier alpha value is -0.280. The lowest BCUT2D eigenvalue weighted by molar-refractivity contribution is -0.150. The molecule has 0 aliphatic rings. The van der Waals surface area contributed by atoms with Crippen LogP contribution in [0.1, 0.15) is 6.92 Å². The Morgan fingerprint density at radius 3 is 2.62 bits per heavy atom. The third kappa shape index (κ3) is 2.82. The summed E-state index contributed by atoms with van der Waals surface area (Å²) in [4.78, 5) is 10.2. The van der Waals surface area contributed by atoms with Crippen LogP contribution < -0.4 is 0 Å². The molecule has 1 unspecified atom stereocenters. The monoisotopic (exact) mass is 138 g/mol. The smallest absolute Gasteiger partial charge is 0.325 e. The summed E-state index contributed by atoms with van der Waals surface area (Å²) in [5.74, 6) is -0.603. The molecule has 0 rings (SSSR count). The van der Waals surface area contributed by atoms with Crippen LogP contribution >= 0.6 is 11.6 Å². The molecule has 3 nitrogen and oxygen atoms in total. The molecule has 0 amide bonds. The Bertz CT molecular complexity index is 81.4. The summed E-state index contributed by atoms with van der Waals surface area (Å²) in [5, 5.41) is 7.31. The Labute approximate surface area is 52.2 Å². The maximum atomic E-state index is 10.2. The van der Waals surface area contributed by atoms with Gasteiger partial charge in [-0.2, -0.15) is 0 Å². The zero-order valence-corrected chi connectivity index (χ0v) is 5.18. The van der Waals surface area contributed by atoms with E-state index in [1.165, 1.54) is 6.92 Å². The molecule has 0 aromatic heterocycles. The van der Waals surface area contributed by atoms with Crippen molar-refractivity contribution in [3.05, 3.63) is 0 Å². The summed E-state index contributed by atoms with van der Waals surface area (Å²) in [6.07, 6.45) is 0. The second-order valence-electron chi connectivity index (χ2n) is 1.21. The van der Waals surface area contributed by atoms with Crippen LogP contribution in [0, 0.1) is 0 Å². The molecule has 0 aromatic rings. The molecule has 4 heteroatoms. The van der Waals surface area contributed by atoms with Crippen molar-refractivity contribution in [2.24, 2.45) is 0 Å². The molecule has 0 aromatic carbocycles. The number of carbonyl (C=O) groups excluding carboxylic acids is 1. The molecule has 0 heterocycles. The fraction of sp³-hybridized carbons (Fsp3) is 0.750. The van der Waals surface area contributed by atoms with Crippen LogP contribution in [-0.2, 0) is 9.53 Å². The first-order chi connectivity index (χ1) is 3.68. The number of esters is 1.